The van der Waals surface area contributed by atoms with Gasteiger partial charge in [0.2, 0.25) is 0 Å². The molecule has 2 saturated heterocycles. The van der Waals surface area contributed by atoms with Crippen LogP contribution in [0.15, 0.2) is 0 Å². The summed E-state index contributed by atoms with van der Waals surface area (Å²) in [5, 5.41) is 21.0. The minimum atomic E-state index is -0.786. The third-order valence-electron chi connectivity index (χ3n) is 6.22. The zero-order valence-electron chi connectivity index (χ0n) is 18.7. The first-order chi connectivity index (χ1) is 13.6. The Bertz CT molecular complexity index is 501. The number of hydrogen-bond acceptors (Lipinski definition) is 4. The molecule has 5 N–H and O–H groups in total. The van der Waals surface area contributed by atoms with Crippen LogP contribution < -0.4 is 11.1 Å². The fourth-order valence-corrected chi connectivity index (χ4v) is 4.35. The molecule has 0 aliphatic carbocycles. The van der Waals surface area contributed by atoms with E-state index in [2.05, 4.69) is 26.1 Å². The Morgan fingerprint density at radius 1 is 1.00 bits per heavy atom. The highest BCUT2D eigenvalue weighted by atomic mass is 16.4. The summed E-state index contributed by atoms with van der Waals surface area (Å²) >= 11 is 0. The van der Waals surface area contributed by atoms with E-state index < -0.39 is 12.2 Å². The molecule has 0 radical (unpaired) electrons. The lowest BCUT2D eigenvalue weighted by Gasteiger charge is -2.44. The van der Waals surface area contributed by atoms with Crippen LogP contribution in [-0.4, -0.2) is 78.0 Å². The molecule has 2 rings (SSSR count). The van der Waals surface area contributed by atoms with Crippen LogP contribution in [0.5, 0.6) is 0 Å². The molecule has 0 saturated carbocycles. The highest BCUT2D eigenvalue weighted by molar-refractivity contribution is 5.65. The van der Waals surface area contributed by atoms with Gasteiger partial charge >= 0.3 is 12.2 Å². The molecule has 8 heteroatoms. The molecule has 0 spiro atoms. The molecule has 2 amide bonds. The van der Waals surface area contributed by atoms with E-state index in [1.165, 1.54) is 11.3 Å². The van der Waals surface area contributed by atoms with E-state index in [1.54, 1.807) is 4.90 Å². The molecule has 2 atom stereocenters. The average molecular weight is 415 g/mol. The molecule has 170 valence electrons. The van der Waals surface area contributed by atoms with Gasteiger partial charge in [0.05, 0.1) is 0 Å². The minimum Gasteiger partial charge on any atom is -0.465 e. The SMILES string of the molecule is CC(C)(C)C1CC(CCN)CCN1C(=O)O.CNCCC1CCN(C(=O)O)CC1. The number of piperidine rings is 2. The van der Waals surface area contributed by atoms with Gasteiger partial charge in [-0.05, 0) is 75.9 Å². The number of nitrogens with two attached hydrogens (primary N) is 1. The second-order valence-electron chi connectivity index (χ2n) is 9.43. The summed E-state index contributed by atoms with van der Waals surface area (Å²) in [6, 6.07) is 0.121. The molecule has 0 aromatic carbocycles. The van der Waals surface area contributed by atoms with Gasteiger partial charge < -0.3 is 31.1 Å². The Labute approximate surface area is 175 Å². The van der Waals surface area contributed by atoms with Crippen molar-refractivity contribution >= 4 is 12.2 Å². The molecule has 0 bridgehead atoms. The van der Waals surface area contributed by atoms with Gasteiger partial charge in [0.25, 0.3) is 0 Å². The smallest absolute Gasteiger partial charge is 0.407 e. The van der Waals surface area contributed by atoms with Crippen molar-refractivity contribution in [1.29, 1.82) is 0 Å². The van der Waals surface area contributed by atoms with Gasteiger partial charge in [0.1, 0.15) is 0 Å². The summed E-state index contributed by atoms with van der Waals surface area (Å²) < 4.78 is 0. The van der Waals surface area contributed by atoms with E-state index in [0.717, 1.165) is 38.6 Å². The van der Waals surface area contributed by atoms with E-state index in [4.69, 9.17) is 10.8 Å². The summed E-state index contributed by atoms with van der Waals surface area (Å²) in [6.45, 7) is 10.1. The number of nitrogens with zero attached hydrogens (tertiary/aromatic N) is 2. The highest BCUT2D eigenvalue weighted by Crippen LogP contribution is 2.35. The Morgan fingerprint density at radius 2 is 1.59 bits per heavy atom. The molecule has 0 aromatic rings. The summed E-state index contributed by atoms with van der Waals surface area (Å²) in [4.78, 5) is 24.9. The number of nitrogens with one attached hydrogen (secondary N) is 1. The maximum Gasteiger partial charge on any atom is 0.407 e. The van der Waals surface area contributed by atoms with Gasteiger partial charge in [-0.15, -0.1) is 0 Å². The van der Waals surface area contributed by atoms with Gasteiger partial charge in [-0.1, -0.05) is 20.8 Å². The van der Waals surface area contributed by atoms with Gasteiger partial charge in [-0.2, -0.15) is 0 Å². The van der Waals surface area contributed by atoms with Gasteiger partial charge in [-0.3, -0.25) is 0 Å². The standard InChI is InChI=1S/C12H24N2O2.C9H18N2O2/c1-12(2,3)10-8-9(4-6-13)5-7-14(10)11(15)16;1-10-5-2-8-3-6-11(7-4-8)9(12)13/h9-10H,4-8,13H2,1-3H3,(H,15,16);8,10H,2-7H2,1H3,(H,12,13). The average Bonchev–Trinajstić information content (AvgIpc) is 2.66. The summed E-state index contributed by atoms with van der Waals surface area (Å²) in [5.74, 6) is 1.30. The molecule has 2 aliphatic rings. The van der Waals surface area contributed by atoms with Crippen LogP contribution >= 0.6 is 0 Å². The summed E-state index contributed by atoms with van der Waals surface area (Å²) in [5.41, 5.74) is 5.58. The van der Waals surface area contributed by atoms with E-state index in [0.29, 0.717) is 38.0 Å². The van der Waals surface area contributed by atoms with Crippen LogP contribution in [0.1, 0.15) is 59.3 Å². The Hall–Kier alpha value is -1.54. The van der Waals surface area contributed by atoms with E-state index in [-0.39, 0.29) is 11.5 Å². The van der Waals surface area contributed by atoms with E-state index in [1.807, 2.05) is 7.05 Å². The number of amides is 2. The Kier molecular flexibility index (Phi) is 10.7. The van der Waals surface area contributed by atoms with Crippen molar-refractivity contribution in [3.05, 3.63) is 0 Å². The van der Waals surface area contributed by atoms with Crippen LogP contribution in [0, 0.1) is 17.3 Å². The second-order valence-corrected chi connectivity index (χ2v) is 9.43. The van der Waals surface area contributed by atoms with Crippen LogP contribution in [0.25, 0.3) is 0 Å². The second kappa shape index (κ2) is 12.2. The topological polar surface area (TPSA) is 119 Å². The maximum atomic E-state index is 11.2. The van der Waals surface area contributed by atoms with Crippen LogP contribution in [0.4, 0.5) is 9.59 Å². The molecule has 0 aromatic heterocycles. The first kappa shape index (κ1) is 25.5. The van der Waals surface area contributed by atoms with Gasteiger partial charge in [0, 0.05) is 25.7 Å². The van der Waals surface area contributed by atoms with Crippen molar-refractivity contribution < 1.29 is 19.8 Å². The third-order valence-corrected chi connectivity index (χ3v) is 6.22. The lowest BCUT2D eigenvalue weighted by atomic mass is 9.76. The zero-order valence-corrected chi connectivity index (χ0v) is 18.7. The summed E-state index contributed by atoms with van der Waals surface area (Å²) in [7, 11) is 1.95. The Balaban J connectivity index is 0.000000296. The van der Waals surface area contributed by atoms with Crippen molar-refractivity contribution in [2.45, 2.75) is 65.3 Å². The number of carboxylic acid groups (broad SMARTS) is 2. The fourth-order valence-electron chi connectivity index (χ4n) is 4.35. The Morgan fingerprint density at radius 3 is 2.03 bits per heavy atom. The normalized spacial score (nSPS) is 23.3. The van der Waals surface area contributed by atoms with Crippen molar-refractivity contribution in [2.75, 3.05) is 39.8 Å². The first-order valence-electron chi connectivity index (χ1n) is 10.9. The van der Waals surface area contributed by atoms with Crippen molar-refractivity contribution in [3.8, 4) is 0 Å². The molecular weight excluding hydrogens is 372 g/mol. The lowest BCUT2D eigenvalue weighted by molar-refractivity contribution is 0.0395. The quantitative estimate of drug-likeness (QED) is 0.549. The number of hydrogen-bond donors (Lipinski definition) is 4. The van der Waals surface area contributed by atoms with Gasteiger partial charge in [-0.25, -0.2) is 9.59 Å². The van der Waals surface area contributed by atoms with Gasteiger partial charge in [0.15, 0.2) is 0 Å². The van der Waals surface area contributed by atoms with Crippen LogP contribution in [-0.2, 0) is 0 Å². The summed E-state index contributed by atoms with van der Waals surface area (Å²) in [6.07, 6.45) is 4.58. The molecule has 29 heavy (non-hydrogen) atoms. The minimum absolute atomic E-state index is 0.00561. The predicted molar refractivity (Wildman–Crippen MR) is 115 cm³/mol. The molecule has 2 unspecified atom stereocenters. The lowest BCUT2D eigenvalue weighted by Crippen LogP contribution is -2.51. The number of carbonyl (C=O) groups is 2. The number of likely N-dealkylation sites (tertiary alicyclic amines) is 2. The first-order valence-corrected chi connectivity index (χ1v) is 10.9. The van der Waals surface area contributed by atoms with Crippen molar-refractivity contribution in [1.82, 2.24) is 15.1 Å². The highest BCUT2D eigenvalue weighted by Gasteiger charge is 2.38. The van der Waals surface area contributed by atoms with E-state index in [9.17, 15) is 14.7 Å². The van der Waals surface area contributed by atoms with Crippen LogP contribution in [0.3, 0.4) is 0 Å². The monoisotopic (exact) mass is 414 g/mol. The third kappa shape index (κ3) is 8.78. The molecular formula is C21H42N4O4. The largest absolute Gasteiger partial charge is 0.465 e. The van der Waals surface area contributed by atoms with Crippen LogP contribution in [0.2, 0.25) is 0 Å². The number of rotatable bonds is 5. The van der Waals surface area contributed by atoms with Crippen molar-refractivity contribution in [3.63, 3.8) is 0 Å². The molecule has 2 heterocycles. The molecule has 2 fully saturated rings. The zero-order chi connectivity index (χ0) is 22.0. The van der Waals surface area contributed by atoms with Crippen molar-refractivity contribution in [2.24, 2.45) is 23.0 Å². The predicted octanol–water partition coefficient (Wildman–Crippen LogP) is 3.13. The maximum absolute atomic E-state index is 11.2. The van der Waals surface area contributed by atoms with E-state index >= 15 is 0 Å². The fraction of sp³-hybridized carbons (Fsp3) is 0.905. The molecule has 2 aliphatic heterocycles. The molecule has 8 nitrogen and oxygen atoms in total.